The highest BCUT2D eigenvalue weighted by molar-refractivity contribution is 14.1. The number of amidine groups is 1. The lowest BCUT2D eigenvalue weighted by atomic mass is 10.1. The maximum atomic E-state index is 13.7. The van der Waals surface area contributed by atoms with Crippen LogP contribution in [0, 0.1) is 3.57 Å². The van der Waals surface area contributed by atoms with E-state index in [4.69, 9.17) is 19.2 Å². The molecular formula is C30H29IN2O6S. The molecule has 1 aliphatic rings. The number of hydrogen-bond acceptors (Lipinski definition) is 7. The molecule has 3 aromatic rings. The van der Waals surface area contributed by atoms with Gasteiger partial charge in [-0.25, -0.2) is 9.79 Å². The Hall–Kier alpha value is -3.51. The molecule has 208 valence electrons. The lowest BCUT2D eigenvalue weighted by molar-refractivity contribution is -0.122. The van der Waals surface area contributed by atoms with Gasteiger partial charge in [-0.05, 0) is 113 Å². The van der Waals surface area contributed by atoms with Gasteiger partial charge in [0.25, 0.3) is 5.91 Å². The summed E-state index contributed by atoms with van der Waals surface area (Å²) < 4.78 is 17.8. The van der Waals surface area contributed by atoms with Gasteiger partial charge in [0, 0.05) is 0 Å². The van der Waals surface area contributed by atoms with Gasteiger partial charge in [0.1, 0.15) is 5.75 Å². The summed E-state index contributed by atoms with van der Waals surface area (Å²) in [6.45, 7) is 4.30. The van der Waals surface area contributed by atoms with E-state index < -0.39 is 5.97 Å². The Bertz CT molecular complexity index is 1450. The third-order valence-corrected chi connectivity index (χ3v) is 7.98. The van der Waals surface area contributed by atoms with Crippen molar-refractivity contribution in [2.45, 2.75) is 32.9 Å². The standard InChI is InChI=1S/C30H29IN2O6S/c1-5-18(2)39-27-24(31)14-20(15-25(27)38-4)16-26-28(34)33(17-19-6-8-21(9-7-19)29(35)36)30(40-26)32-22-10-12-23(37-3)13-11-22/h6-16,18H,5,17H2,1-4H3,(H,35,36)/b26-16-,32-30?/t18-/m0/s1. The number of aliphatic imine (C=N–C) groups is 1. The number of carboxylic acids is 1. The molecule has 3 aromatic carbocycles. The largest absolute Gasteiger partial charge is 0.497 e. The third-order valence-electron chi connectivity index (χ3n) is 6.17. The summed E-state index contributed by atoms with van der Waals surface area (Å²) in [5.74, 6) is 0.778. The molecule has 0 saturated carbocycles. The minimum Gasteiger partial charge on any atom is -0.497 e. The van der Waals surface area contributed by atoms with Gasteiger partial charge in [0.2, 0.25) is 0 Å². The van der Waals surface area contributed by atoms with Crippen molar-refractivity contribution in [3.05, 3.63) is 85.8 Å². The molecule has 1 fully saturated rings. The van der Waals surface area contributed by atoms with Crippen LogP contribution >= 0.6 is 34.4 Å². The van der Waals surface area contributed by atoms with E-state index in [1.54, 1.807) is 31.3 Å². The van der Waals surface area contributed by atoms with Crippen LogP contribution in [0.25, 0.3) is 6.08 Å². The Morgan fingerprint density at radius 3 is 2.40 bits per heavy atom. The molecule has 10 heteroatoms. The molecule has 4 rings (SSSR count). The quantitative estimate of drug-likeness (QED) is 0.183. The third kappa shape index (κ3) is 6.97. The highest BCUT2D eigenvalue weighted by atomic mass is 127. The maximum Gasteiger partial charge on any atom is 0.335 e. The van der Waals surface area contributed by atoms with Crippen LogP contribution in [0.3, 0.4) is 0 Å². The summed E-state index contributed by atoms with van der Waals surface area (Å²) in [6.07, 6.45) is 2.72. The Morgan fingerprint density at radius 1 is 1.10 bits per heavy atom. The number of hydrogen-bond donors (Lipinski definition) is 1. The molecule has 40 heavy (non-hydrogen) atoms. The summed E-state index contributed by atoms with van der Waals surface area (Å²) >= 11 is 3.49. The number of rotatable bonds is 10. The predicted molar refractivity (Wildman–Crippen MR) is 166 cm³/mol. The molecule has 0 radical (unpaired) electrons. The smallest absolute Gasteiger partial charge is 0.335 e. The number of carbonyl (C=O) groups excluding carboxylic acids is 1. The lowest BCUT2D eigenvalue weighted by Gasteiger charge is -2.17. The molecule has 0 bridgehead atoms. The van der Waals surface area contributed by atoms with E-state index in [0.29, 0.717) is 33.0 Å². The first-order valence-electron chi connectivity index (χ1n) is 12.5. The number of nitrogens with zero attached hydrogens (tertiary/aromatic N) is 2. The van der Waals surface area contributed by atoms with Crippen molar-refractivity contribution in [3.8, 4) is 17.2 Å². The van der Waals surface area contributed by atoms with Crippen LogP contribution in [0.4, 0.5) is 5.69 Å². The molecule has 1 amide bonds. The van der Waals surface area contributed by atoms with Gasteiger partial charge in [0.15, 0.2) is 16.7 Å². The fraction of sp³-hybridized carbons (Fsp3) is 0.233. The monoisotopic (exact) mass is 672 g/mol. The topological polar surface area (TPSA) is 97.7 Å². The van der Waals surface area contributed by atoms with E-state index in [1.807, 2.05) is 49.4 Å². The number of halogens is 1. The lowest BCUT2D eigenvalue weighted by Crippen LogP contribution is -2.28. The zero-order valence-corrected chi connectivity index (χ0v) is 25.5. The first-order valence-corrected chi connectivity index (χ1v) is 14.4. The molecular weight excluding hydrogens is 643 g/mol. The van der Waals surface area contributed by atoms with Crippen LogP contribution in [0.2, 0.25) is 0 Å². The number of ether oxygens (including phenoxy) is 3. The van der Waals surface area contributed by atoms with E-state index in [9.17, 15) is 14.7 Å². The zero-order valence-electron chi connectivity index (χ0n) is 22.5. The molecule has 1 aliphatic heterocycles. The van der Waals surface area contributed by atoms with Gasteiger partial charge in [-0.2, -0.15) is 0 Å². The Morgan fingerprint density at radius 2 is 1.80 bits per heavy atom. The predicted octanol–water partition coefficient (Wildman–Crippen LogP) is 6.99. The second-order valence-corrected chi connectivity index (χ2v) is 11.1. The second-order valence-electron chi connectivity index (χ2n) is 8.97. The van der Waals surface area contributed by atoms with Gasteiger partial charge in [0.05, 0.1) is 46.6 Å². The molecule has 8 nitrogen and oxygen atoms in total. The molecule has 1 saturated heterocycles. The van der Waals surface area contributed by atoms with Crippen LogP contribution < -0.4 is 14.2 Å². The number of methoxy groups -OCH3 is 2. The van der Waals surface area contributed by atoms with E-state index in [2.05, 4.69) is 29.5 Å². The summed E-state index contributed by atoms with van der Waals surface area (Å²) in [4.78, 5) is 31.8. The average Bonchev–Trinajstić information content (AvgIpc) is 3.23. The van der Waals surface area contributed by atoms with Crippen LogP contribution in [0.5, 0.6) is 17.2 Å². The van der Waals surface area contributed by atoms with Gasteiger partial charge >= 0.3 is 5.97 Å². The SMILES string of the molecule is CC[C@H](C)Oc1c(I)cc(/C=C2\SC(=Nc3ccc(OC)cc3)N(Cc3ccc(C(=O)O)cc3)C2=O)cc1OC. The summed E-state index contributed by atoms with van der Waals surface area (Å²) in [5, 5.41) is 9.74. The van der Waals surface area contributed by atoms with Crippen molar-refractivity contribution in [2.75, 3.05) is 14.2 Å². The number of carbonyl (C=O) groups is 2. The van der Waals surface area contributed by atoms with Gasteiger partial charge < -0.3 is 19.3 Å². The van der Waals surface area contributed by atoms with Crippen LogP contribution in [-0.2, 0) is 11.3 Å². The average molecular weight is 673 g/mol. The zero-order chi connectivity index (χ0) is 28.8. The minimum absolute atomic E-state index is 0.0356. The summed E-state index contributed by atoms with van der Waals surface area (Å²) in [5.41, 5.74) is 2.43. The van der Waals surface area contributed by atoms with Crippen molar-refractivity contribution in [3.63, 3.8) is 0 Å². The second kappa shape index (κ2) is 13.2. The van der Waals surface area contributed by atoms with Crippen LogP contribution in [-0.4, -0.2) is 47.4 Å². The van der Waals surface area contributed by atoms with Crippen molar-refractivity contribution in [2.24, 2.45) is 4.99 Å². The number of carboxylic acid groups (broad SMARTS) is 1. The molecule has 0 unspecified atom stereocenters. The van der Waals surface area contributed by atoms with E-state index in [1.165, 1.54) is 23.9 Å². The van der Waals surface area contributed by atoms with Gasteiger partial charge in [-0.3, -0.25) is 9.69 Å². The first-order chi connectivity index (χ1) is 19.2. The highest BCUT2D eigenvalue weighted by Gasteiger charge is 2.33. The fourth-order valence-electron chi connectivity index (χ4n) is 3.81. The van der Waals surface area contributed by atoms with Crippen molar-refractivity contribution in [1.29, 1.82) is 0 Å². The summed E-state index contributed by atoms with van der Waals surface area (Å²) in [7, 11) is 3.19. The van der Waals surface area contributed by atoms with Gasteiger partial charge in [-0.15, -0.1) is 0 Å². The number of aromatic carboxylic acids is 1. The molecule has 0 spiro atoms. The van der Waals surface area contributed by atoms with E-state index in [-0.39, 0.29) is 24.1 Å². The molecule has 1 N–H and O–H groups in total. The molecule has 1 heterocycles. The normalized spacial score (nSPS) is 15.9. The molecule has 0 aromatic heterocycles. The highest BCUT2D eigenvalue weighted by Crippen LogP contribution is 2.39. The minimum atomic E-state index is -1.00. The van der Waals surface area contributed by atoms with E-state index in [0.717, 1.165) is 21.1 Å². The maximum absolute atomic E-state index is 13.7. The number of thioether (sulfide) groups is 1. The molecule has 0 aliphatic carbocycles. The van der Waals surface area contributed by atoms with E-state index >= 15 is 0 Å². The van der Waals surface area contributed by atoms with Crippen molar-refractivity contribution in [1.82, 2.24) is 4.90 Å². The Kier molecular flexibility index (Phi) is 9.75. The Balaban J connectivity index is 1.69. The summed E-state index contributed by atoms with van der Waals surface area (Å²) in [6, 6.07) is 17.5. The Labute approximate surface area is 251 Å². The number of benzene rings is 3. The van der Waals surface area contributed by atoms with Crippen LogP contribution in [0.15, 0.2) is 70.6 Å². The van der Waals surface area contributed by atoms with Gasteiger partial charge in [-0.1, -0.05) is 19.1 Å². The van der Waals surface area contributed by atoms with Crippen molar-refractivity contribution < 1.29 is 28.9 Å². The first kappa shape index (κ1) is 29.5. The molecule has 1 atom stereocenters. The number of amides is 1. The fourth-order valence-corrected chi connectivity index (χ4v) is 5.56. The van der Waals surface area contributed by atoms with Crippen molar-refractivity contribution >= 4 is 63.2 Å². The van der Waals surface area contributed by atoms with Crippen LogP contribution in [0.1, 0.15) is 41.8 Å².